The molecule has 6 heterocycles. The third-order valence-electron chi connectivity index (χ3n) is 12.5. The van der Waals surface area contributed by atoms with Crippen molar-refractivity contribution in [3.63, 3.8) is 0 Å². The van der Waals surface area contributed by atoms with E-state index in [1.165, 1.54) is 22.4 Å². The standard InChI is InChI=1S/C47H50N8O2/c1-33-7-9-36(10-8-33)29-54-44(56)41-32-51(24-20-43(41)52-25-21-48-46(52)54)28-35-11-15-38(16-12-35)39-17-13-37(14-18-39)30-55-45(57)40-31-50(27-34-5-3-2-4-6-34)23-19-42(40)53-26-22-49-47(53)55/h2-18,47,49H,19-32H2,1H3. The third-order valence-corrected chi connectivity index (χ3v) is 12.5. The molecule has 1 atom stereocenters. The van der Waals surface area contributed by atoms with Crippen molar-refractivity contribution < 1.29 is 9.59 Å². The molecule has 57 heavy (non-hydrogen) atoms. The van der Waals surface area contributed by atoms with Gasteiger partial charge in [-0.1, -0.05) is 109 Å². The van der Waals surface area contributed by atoms with Gasteiger partial charge in [0.2, 0.25) is 5.96 Å². The Hall–Kier alpha value is -5.55. The van der Waals surface area contributed by atoms with E-state index in [0.29, 0.717) is 26.2 Å². The molecule has 0 aromatic heterocycles. The fourth-order valence-corrected chi connectivity index (χ4v) is 9.53. The molecule has 1 N–H and O–H groups in total. The molecule has 4 aromatic rings. The summed E-state index contributed by atoms with van der Waals surface area (Å²) >= 11 is 0. The predicted molar refractivity (Wildman–Crippen MR) is 222 cm³/mol. The summed E-state index contributed by atoms with van der Waals surface area (Å²) in [6, 6.07) is 36.5. The lowest BCUT2D eigenvalue weighted by Gasteiger charge is -2.46. The first-order chi connectivity index (χ1) is 27.9. The van der Waals surface area contributed by atoms with Gasteiger partial charge in [-0.05, 0) is 40.3 Å². The maximum Gasteiger partial charge on any atom is 0.259 e. The number of nitrogens with zero attached hydrogens (tertiary/aromatic N) is 7. The van der Waals surface area contributed by atoms with E-state index in [1.807, 2.05) is 9.80 Å². The van der Waals surface area contributed by atoms with Crippen LogP contribution in [0.4, 0.5) is 0 Å². The Morgan fingerprint density at radius 3 is 1.88 bits per heavy atom. The minimum absolute atomic E-state index is 0.0905. The number of fused-ring (bicyclic) bond motifs is 4. The number of guanidine groups is 1. The van der Waals surface area contributed by atoms with Crippen LogP contribution < -0.4 is 5.32 Å². The first kappa shape index (κ1) is 35.8. The molecular formula is C47H50N8O2. The van der Waals surface area contributed by atoms with Crippen molar-refractivity contribution in [1.82, 2.24) is 34.7 Å². The van der Waals surface area contributed by atoms with Crippen molar-refractivity contribution in [3.8, 4) is 11.1 Å². The second kappa shape index (κ2) is 15.1. The lowest BCUT2D eigenvalue weighted by Crippen LogP contribution is -2.58. The number of hydrogen-bond donors (Lipinski definition) is 1. The van der Waals surface area contributed by atoms with E-state index in [2.05, 4.69) is 135 Å². The van der Waals surface area contributed by atoms with Crippen molar-refractivity contribution in [2.75, 3.05) is 52.4 Å². The predicted octanol–water partition coefficient (Wildman–Crippen LogP) is 5.53. The molecule has 0 bridgehead atoms. The molecule has 6 aliphatic rings. The van der Waals surface area contributed by atoms with E-state index in [9.17, 15) is 9.59 Å². The van der Waals surface area contributed by atoms with E-state index in [0.717, 1.165) is 110 Å². The van der Waals surface area contributed by atoms with Gasteiger partial charge in [-0.3, -0.25) is 34.6 Å². The Kier molecular flexibility index (Phi) is 9.48. The number of hydrogen-bond acceptors (Lipinski definition) is 8. The number of amides is 2. The van der Waals surface area contributed by atoms with Crippen LogP contribution in [-0.4, -0.2) is 106 Å². The van der Waals surface area contributed by atoms with Gasteiger partial charge in [0.15, 0.2) is 6.29 Å². The quantitative estimate of drug-likeness (QED) is 0.241. The molecule has 1 fully saturated rings. The average molecular weight is 759 g/mol. The zero-order valence-electron chi connectivity index (χ0n) is 32.7. The number of aryl methyl sites for hydroxylation is 1. The smallest absolute Gasteiger partial charge is 0.259 e. The highest BCUT2D eigenvalue weighted by atomic mass is 16.2. The highest BCUT2D eigenvalue weighted by molar-refractivity contribution is 6.09. The van der Waals surface area contributed by atoms with Crippen LogP contribution in [0.2, 0.25) is 0 Å². The minimum Gasteiger partial charge on any atom is -0.341 e. The molecule has 6 aliphatic heterocycles. The van der Waals surface area contributed by atoms with E-state index < -0.39 is 0 Å². The van der Waals surface area contributed by atoms with Crippen LogP contribution in [0.5, 0.6) is 0 Å². The van der Waals surface area contributed by atoms with Gasteiger partial charge in [-0.2, -0.15) is 0 Å². The van der Waals surface area contributed by atoms with Gasteiger partial charge in [0, 0.05) is 89.7 Å². The molecule has 10 rings (SSSR count). The van der Waals surface area contributed by atoms with Crippen molar-refractivity contribution in [1.29, 1.82) is 0 Å². The molecule has 0 radical (unpaired) electrons. The van der Waals surface area contributed by atoms with Crippen LogP contribution in [-0.2, 0) is 35.8 Å². The minimum atomic E-state index is -0.0905. The van der Waals surface area contributed by atoms with Crippen LogP contribution in [0, 0.1) is 6.92 Å². The third kappa shape index (κ3) is 6.96. The highest BCUT2D eigenvalue weighted by Gasteiger charge is 2.44. The molecule has 290 valence electrons. The second-order valence-electron chi connectivity index (χ2n) is 16.3. The summed E-state index contributed by atoms with van der Waals surface area (Å²) in [6.07, 6.45) is 1.67. The molecule has 0 spiro atoms. The Balaban J connectivity index is 0.783. The molecule has 1 unspecified atom stereocenters. The van der Waals surface area contributed by atoms with E-state index in [4.69, 9.17) is 4.99 Å². The number of nitrogens with one attached hydrogen (secondary N) is 1. The van der Waals surface area contributed by atoms with Crippen LogP contribution in [0.25, 0.3) is 11.1 Å². The first-order valence-electron chi connectivity index (χ1n) is 20.6. The molecule has 0 aliphatic carbocycles. The topological polar surface area (TPSA) is 78.0 Å². The number of rotatable bonds is 9. The number of benzene rings is 4. The van der Waals surface area contributed by atoms with E-state index >= 15 is 0 Å². The first-order valence-corrected chi connectivity index (χ1v) is 20.6. The van der Waals surface area contributed by atoms with Gasteiger partial charge in [0.05, 0.1) is 24.2 Å². The maximum absolute atomic E-state index is 14.1. The van der Waals surface area contributed by atoms with Crippen LogP contribution in [0.15, 0.2) is 131 Å². The SMILES string of the molecule is Cc1ccc(CN2C(=O)C3=C(CCN(Cc4ccc(-c5ccc(CN6C(=O)C7=C(CCN(Cc8ccccc8)C7)N7CCNC67)cc5)cc4)C3)N3CCN=C23)cc1. The molecule has 0 saturated carbocycles. The molecule has 1 saturated heterocycles. The van der Waals surface area contributed by atoms with Gasteiger partial charge in [0.25, 0.3) is 11.8 Å². The lowest BCUT2D eigenvalue weighted by molar-refractivity contribution is -0.137. The summed E-state index contributed by atoms with van der Waals surface area (Å²) in [5, 5.41) is 3.60. The zero-order chi connectivity index (χ0) is 38.5. The fraction of sp³-hybridized carbons (Fsp3) is 0.340. The number of carbonyl (C=O) groups excluding carboxylic acids is 2. The number of carbonyl (C=O) groups is 2. The number of aliphatic imine (C=N–C) groups is 1. The van der Waals surface area contributed by atoms with Crippen molar-refractivity contribution >= 4 is 17.8 Å². The van der Waals surface area contributed by atoms with Crippen molar-refractivity contribution in [2.45, 2.75) is 52.2 Å². The van der Waals surface area contributed by atoms with Gasteiger partial charge in [-0.15, -0.1) is 0 Å². The summed E-state index contributed by atoms with van der Waals surface area (Å²) in [4.78, 5) is 46.3. The highest BCUT2D eigenvalue weighted by Crippen LogP contribution is 2.35. The van der Waals surface area contributed by atoms with E-state index in [1.54, 1.807) is 0 Å². The van der Waals surface area contributed by atoms with Crippen LogP contribution in [0.3, 0.4) is 0 Å². The Morgan fingerprint density at radius 1 is 0.614 bits per heavy atom. The van der Waals surface area contributed by atoms with Crippen molar-refractivity contribution in [3.05, 3.63) is 153 Å². The van der Waals surface area contributed by atoms with Gasteiger partial charge >= 0.3 is 0 Å². The molecule has 10 heteroatoms. The Morgan fingerprint density at radius 2 is 1.19 bits per heavy atom. The average Bonchev–Trinajstić information content (AvgIpc) is 3.94. The summed E-state index contributed by atoms with van der Waals surface area (Å²) in [7, 11) is 0. The zero-order valence-corrected chi connectivity index (χ0v) is 32.7. The van der Waals surface area contributed by atoms with E-state index in [-0.39, 0.29) is 18.1 Å². The van der Waals surface area contributed by atoms with Gasteiger partial charge < -0.3 is 14.7 Å². The normalized spacial score (nSPS) is 21.2. The lowest BCUT2D eigenvalue weighted by atomic mass is 9.98. The molecule has 10 nitrogen and oxygen atoms in total. The fourth-order valence-electron chi connectivity index (χ4n) is 9.53. The Bertz CT molecular complexity index is 2260. The summed E-state index contributed by atoms with van der Waals surface area (Å²) < 4.78 is 0. The van der Waals surface area contributed by atoms with Gasteiger partial charge in [0.1, 0.15) is 0 Å². The van der Waals surface area contributed by atoms with Crippen molar-refractivity contribution in [2.24, 2.45) is 4.99 Å². The summed E-state index contributed by atoms with van der Waals surface area (Å²) in [5.41, 5.74) is 12.6. The van der Waals surface area contributed by atoms with Crippen LogP contribution >= 0.6 is 0 Å². The summed E-state index contributed by atoms with van der Waals surface area (Å²) in [6.45, 7) is 11.4. The molecular weight excluding hydrogens is 709 g/mol. The molecule has 4 aromatic carbocycles. The van der Waals surface area contributed by atoms with Gasteiger partial charge in [-0.25, -0.2) is 0 Å². The maximum atomic E-state index is 14.1. The monoisotopic (exact) mass is 758 g/mol. The largest absolute Gasteiger partial charge is 0.341 e. The second-order valence-corrected chi connectivity index (χ2v) is 16.3. The van der Waals surface area contributed by atoms with Crippen LogP contribution in [0.1, 0.15) is 40.7 Å². The Labute approximate surface area is 335 Å². The molecule has 2 amide bonds. The summed E-state index contributed by atoms with van der Waals surface area (Å²) in [5.74, 6) is 1.06.